The SMILES string of the molecule is COc1cc(CNC2CCN(C(C)(C)C)CC2)ccc1OCc1ccncc1. The van der Waals surface area contributed by atoms with Crippen molar-refractivity contribution < 1.29 is 9.47 Å². The molecule has 0 spiro atoms. The second kappa shape index (κ2) is 9.39. The minimum Gasteiger partial charge on any atom is -0.493 e. The Kier molecular flexibility index (Phi) is 6.92. The van der Waals surface area contributed by atoms with Crippen LogP contribution in [0.3, 0.4) is 0 Å². The number of benzene rings is 1. The largest absolute Gasteiger partial charge is 0.493 e. The van der Waals surface area contributed by atoms with E-state index in [1.165, 1.54) is 18.4 Å². The summed E-state index contributed by atoms with van der Waals surface area (Å²) in [6.07, 6.45) is 5.94. The summed E-state index contributed by atoms with van der Waals surface area (Å²) >= 11 is 0. The Morgan fingerprint density at radius 2 is 1.75 bits per heavy atom. The van der Waals surface area contributed by atoms with E-state index in [2.05, 4.69) is 48.1 Å². The number of rotatable bonds is 7. The van der Waals surface area contributed by atoms with Gasteiger partial charge in [-0.3, -0.25) is 9.88 Å². The zero-order valence-electron chi connectivity index (χ0n) is 17.6. The first kappa shape index (κ1) is 20.6. The molecule has 0 radical (unpaired) electrons. The summed E-state index contributed by atoms with van der Waals surface area (Å²) < 4.78 is 11.5. The van der Waals surface area contributed by atoms with Crippen LogP contribution in [0.2, 0.25) is 0 Å². The quantitative estimate of drug-likeness (QED) is 0.782. The molecule has 0 atom stereocenters. The Morgan fingerprint density at radius 1 is 1.04 bits per heavy atom. The highest BCUT2D eigenvalue weighted by Crippen LogP contribution is 2.29. The Morgan fingerprint density at radius 3 is 2.39 bits per heavy atom. The van der Waals surface area contributed by atoms with Crippen LogP contribution in [0.5, 0.6) is 11.5 Å². The number of likely N-dealkylation sites (tertiary alicyclic amines) is 1. The number of nitrogens with zero attached hydrogens (tertiary/aromatic N) is 2. The number of hydrogen-bond donors (Lipinski definition) is 1. The van der Waals surface area contributed by atoms with Crippen LogP contribution in [-0.2, 0) is 13.2 Å². The van der Waals surface area contributed by atoms with Gasteiger partial charge in [0.25, 0.3) is 0 Å². The van der Waals surface area contributed by atoms with E-state index in [0.29, 0.717) is 12.6 Å². The predicted molar refractivity (Wildman–Crippen MR) is 113 cm³/mol. The summed E-state index contributed by atoms with van der Waals surface area (Å²) in [5, 5.41) is 3.71. The van der Waals surface area contributed by atoms with E-state index >= 15 is 0 Å². The van der Waals surface area contributed by atoms with Crippen LogP contribution < -0.4 is 14.8 Å². The smallest absolute Gasteiger partial charge is 0.161 e. The minimum atomic E-state index is 0.268. The first-order chi connectivity index (χ1) is 13.5. The molecule has 2 aromatic rings. The maximum absolute atomic E-state index is 5.93. The van der Waals surface area contributed by atoms with Crippen LogP contribution in [0, 0.1) is 0 Å². The molecule has 5 nitrogen and oxygen atoms in total. The van der Waals surface area contributed by atoms with E-state index in [-0.39, 0.29) is 5.54 Å². The first-order valence-corrected chi connectivity index (χ1v) is 10.1. The fourth-order valence-corrected chi connectivity index (χ4v) is 3.60. The highest BCUT2D eigenvalue weighted by molar-refractivity contribution is 5.43. The monoisotopic (exact) mass is 383 g/mol. The van der Waals surface area contributed by atoms with Crippen molar-refractivity contribution in [3.05, 3.63) is 53.9 Å². The Hall–Kier alpha value is -2.11. The second-order valence-electron chi connectivity index (χ2n) is 8.44. The van der Waals surface area contributed by atoms with Crippen molar-refractivity contribution in [2.75, 3.05) is 20.2 Å². The van der Waals surface area contributed by atoms with Gasteiger partial charge in [0.15, 0.2) is 11.5 Å². The van der Waals surface area contributed by atoms with Crippen molar-refractivity contribution in [2.45, 2.75) is 58.3 Å². The molecule has 5 heteroatoms. The van der Waals surface area contributed by atoms with E-state index in [1.54, 1.807) is 19.5 Å². The van der Waals surface area contributed by atoms with Crippen molar-refractivity contribution in [1.29, 1.82) is 0 Å². The predicted octanol–water partition coefficient (Wildman–Crippen LogP) is 4.02. The first-order valence-electron chi connectivity index (χ1n) is 10.1. The molecule has 152 valence electrons. The van der Waals surface area contributed by atoms with Gasteiger partial charge in [-0.05, 0) is 69.0 Å². The third kappa shape index (κ3) is 5.69. The molecule has 0 unspecified atom stereocenters. The van der Waals surface area contributed by atoms with Gasteiger partial charge in [0.05, 0.1) is 7.11 Å². The lowest BCUT2D eigenvalue weighted by Crippen LogP contribution is -2.49. The fraction of sp³-hybridized carbons (Fsp3) is 0.522. The summed E-state index contributed by atoms with van der Waals surface area (Å²) in [6.45, 7) is 10.6. The Bertz CT molecular complexity index is 735. The summed E-state index contributed by atoms with van der Waals surface area (Å²) in [5.74, 6) is 1.54. The molecule has 28 heavy (non-hydrogen) atoms. The molecule has 3 rings (SSSR count). The molecule has 1 aromatic carbocycles. The number of ether oxygens (including phenoxy) is 2. The molecule has 1 aliphatic heterocycles. The molecule has 0 bridgehead atoms. The van der Waals surface area contributed by atoms with Crippen LogP contribution in [0.25, 0.3) is 0 Å². The Balaban J connectivity index is 1.51. The molecule has 1 N–H and O–H groups in total. The molecular formula is C23H33N3O2. The van der Waals surface area contributed by atoms with Gasteiger partial charge >= 0.3 is 0 Å². The van der Waals surface area contributed by atoms with E-state index in [0.717, 1.165) is 36.7 Å². The van der Waals surface area contributed by atoms with Crippen molar-refractivity contribution in [3.8, 4) is 11.5 Å². The molecule has 0 amide bonds. The number of nitrogens with one attached hydrogen (secondary N) is 1. The van der Waals surface area contributed by atoms with Crippen molar-refractivity contribution >= 4 is 0 Å². The van der Waals surface area contributed by atoms with E-state index < -0.39 is 0 Å². The van der Waals surface area contributed by atoms with Gasteiger partial charge in [-0.1, -0.05) is 6.07 Å². The second-order valence-corrected chi connectivity index (χ2v) is 8.44. The van der Waals surface area contributed by atoms with Crippen molar-refractivity contribution in [1.82, 2.24) is 15.2 Å². The average molecular weight is 384 g/mol. The summed E-state index contributed by atoms with van der Waals surface area (Å²) in [4.78, 5) is 6.60. The van der Waals surface area contributed by atoms with Gasteiger partial charge in [-0.15, -0.1) is 0 Å². The number of hydrogen-bond acceptors (Lipinski definition) is 5. The fourth-order valence-electron chi connectivity index (χ4n) is 3.60. The van der Waals surface area contributed by atoms with Crippen LogP contribution in [0.4, 0.5) is 0 Å². The van der Waals surface area contributed by atoms with Crippen molar-refractivity contribution in [2.24, 2.45) is 0 Å². The number of pyridine rings is 1. The maximum atomic E-state index is 5.93. The lowest BCUT2D eigenvalue weighted by molar-refractivity contribution is 0.0960. The molecule has 1 saturated heterocycles. The molecule has 0 saturated carbocycles. The van der Waals surface area contributed by atoms with Crippen LogP contribution in [0.15, 0.2) is 42.7 Å². The van der Waals surface area contributed by atoms with Crippen LogP contribution in [-0.4, -0.2) is 41.7 Å². The zero-order valence-corrected chi connectivity index (χ0v) is 17.6. The van der Waals surface area contributed by atoms with E-state index in [4.69, 9.17) is 9.47 Å². The highest BCUT2D eigenvalue weighted by atomic mass is 16.5. The van der Waals surface area contributed by atoms with Crippen LogP contribution in [0.1, 0.15) is 44.7 Å². The van der Waals surface area contributed by atoms with Gasteiger partial charge in [0, 0.05) is 43.6 Å². The third-order valence-corrected chi connectivity index (χ3v) is 5.41. The van der Waals surface area contributed by atoms with Gasteiger partial charge in [0.1, 0.15) is 6.61 Å². The lowest BCUT2D eigenvalue weighted by atomic mass is 9.98. The topological polar surface area (TPSA) is 46.6 Å². The standard InChI is InChI=1S/C23H33N3O2/c1-23(2,3)26-13-9-20(10-14-26)25-16-19-5-6-21(22(15-19)27-4)28-17-18-7-11-24-12-8-18/h5-8,11-12,15,20,25H,9-10,13-14,16-17H2,1-4H3. The van der Waals surface area contributed by atoms with Gasteiger partial charge in [0.2, 0.25) is 0 Å². The van der Waals surface area contributed by atoms with Crippen LogP contribution >= 0.6 is 0 Å². The highest BCUT2D eigenvalue weighted by Gasteiger charge is 2.26. The molecule has 0 aliphatic carbocycles. The lowest BCUT2D eigenvalue weighted by Gasteiger charge is -2.41. The number of aromatic nitrogens is 1. The zero-order chi connectivity index (χ0) is 20.0. The minimum absolute atomic E-state index is 0.268. The summed E-state index contributed by atoms with van der Waals surface area (Å²) in [5.41, 5.74) is 2.57. The third-order valence-electron chi connectivity index (χ3n) is 5.41. The number of piperidine rings is 1. The summed E-state index contributed by atoms with van der Waals surface area (Å²) in [7, 11) is 1.69. The van der Waals surface area contributed by atoms with Crippen molar-refractivity contribution in [3.63, 3.8) is 0 Å². The number of methoxy groups -OCH3 is 1. The van der Waals surface area contributed by atoms with E-state index in [9.17, 15) is 0 Å². The molecular weight excluding hydrogens is 350 g/mol. The Labute approximate surface area is 169 Å². The van der Waals surface area contributed by atoms with E-state index in [1.807, 2.05) is 18.2 Å². The molecule has 1 fully saturated rings. The van der Waals surface area contributed by atoms with Gasteiger partial charge < -0.3 is 14.8 Å². The molecule has 1 aromatic heterocycles. The molecule has 2 heterocycles. The van der Waals surface area contributed by atoms with Gasteiger partial charge in [-0.25, -0.2) is 0 Å². The maximum Gasteiger partial charge on any atom is 0.161 e. The normalized spacial score (nSPS) is 16.1. The molecule has 1 aliphatic rings. The van der Waals surface area contributed by atoms with Gasteiger partial charge in [-0.2, -0.15) is 0 Å². The average Bonchev–Trinajstić information content (AvgIpc) is 2.71. The summed E-state index contributed by atoms with van der Waals surface area (Å²) in [6, 6.07) is 10.7.